The molecule has 2 atom stereocenters. The molecule has 0 aromatic rings. The number of hydrogen-bond donors (Lipinski definition) is 3. The summed E-state index contributed by atoms with van der Waals surface area (Å²) in [6, 6.07) is -0.618. The summed E-state index contributed by atoms with van der Waals surface area (Å²) in [7, 11) is 0. The van der Waals surface area contributed by atoms with E-state index < -0.39 is 12.1 Å². The van der Waals surface area contributed by atoms with E-state index in [-0.39, 0.29) is 12.5 Å². The van der Waals surface area contributed by atoms with E-state index >= 15 is 0 Å². The van der Waals surface area contributed by atoms with E-state index in [0.29, 0.717) is 6.42 Å². The Morgan fingerprint density at radius 1 is 0.354 bits per heavy atom. The van der Waals surface area contributed by atoms with Crippen LogP contribution in [0.25, 0.3) is 0 Å². The van der Waals surface area contributed by atoms with E-state index in [1.165, 1.54) is 308 Å². The second-order valence-electron chi connectivity index (χ2n) is 21.1. The topological polar surface area (TPSA) is 69.6 Å². The molecule has 0 bridgehead atoms. The lowest BCUT2D eigenvalue weighted by Gasteiger charge is -2.20. The predicted molar refractivity (Wildman–Crippen MR) is 290 cm³/mol. The van der Waals surface area contributed by atoms with E-state index in [1.807, 2.05) is 6.08 Å². The van der Waals surface area contributed by atoms with E-state index in [2.05, 4.69) is 19.2 Å². The highest BCUT2D eigenvalue weighted by Crippen LogP contribution is 2.19. The van der Waals surface area contributed by atoms with E-state index in [9.17, 15) is 15.0 Å². The predicted octanol–water partition coefficient (Wildman–Crippen LogP) is 20.1. The van der Waals surface area contributed by atoms with E-state index in [4.69, 9.17) is 0 Å². The molecule has 0 aromatic heterocycles. The van der Waals surface area contributed by atoms with E-state index in [1.54, 1.807) is 6.08 Å². The summed E-state index contributed by atoms with van der Waals surface area (Å²) in [6.07, 6.45) is 75.5. The SMILES string of the molecule is CCCCCCCCCCCCCCCCC/C=C/[C@@H](O)[C@H](CO)NC(=O)CCCCCCCCCCCCCCCCCCCCCCCCCCCCCCCCCCCCCC. The molecule has 3 N–H and O–H groups in total. The van der Waals surface area contributed by atoms with Crippen LogP contribution >= 0.6 is 0 Å². The van der Waals surface area contributed by atoms with Crippen molar-refractivity contribution in [2.45, 2.75) is 366 Å². The Balaban J connectivity index is 3.37. The molecule has 0 aliphatic heterocycles. The van der Waals surface area contributed by atoms with E-state index in [0.717, 1.165) is 25.7 Å². The summed E-state index contributed by atoms with van der Waals surface area (Å²) in [5, 5.41) is 23.2. The van der Waals surface area contributed by atoms with Gasteiger partial charge in [0, 0.05) is 6.42 Å². The Kier molecular flexibility index (Phi) is 56.7. The summed E-state index contributed by atoms with van der Waals surface area (Å²) in [4.78, 5) is 12.5. The highest BCUT2D eigenvalue weighted by molar-refractivity contribution is 5.76. The first-order valence-electron chi connectivity index (χ1n) is 30.4. The average molecular weight is 917 g/mol. The monoisotopic (exact) mass is 916 g/mol. The number of unbranched alkanes of at least 4 members (excludes halogenated alkanes) is 50. The van der Waals surface area contributed by atoms with Gasteiger partial charge in [-0.2, -0.15) is 0 Å². The fraction of sp³-hybridized carbons (Fsp3) is 0.951. The van der Waals surface area contributed by atoms with Gasteiger partial charge in [-0.3, -0.25) is 4.79 Å². The Morgan fingerprint density at radius 2 is 0.569 bits per heavy atom. The van der Waals surface area contributed by atoms with Crippen molar-refractivity contribution in [3.8, 4) is 0 Å². The van der Waals surface area contributed by atoms with Crippen molar-refractivity contribution in [1.29, 1.82) is 0 Å². The average Bonchev–Trinajstić information content (AvgIpc) is 3.31. The number of amides is 1. The van der Waals surface area contributed by atoms with Gasteiger partial charge >= 0.3 is 0 Å². The molecular weight excluding hydrogens is 795 g/mol. The van der Waals surface area contributed by atoms with Crippen LogP contribution in [0.5, 0.6) is 0 Å². The molecule has 1 amide bonds. The third-order valence-corrected chi connectivity index (χ3v) is 14.5. The second kappa shape index (κ2) is 57.4. The first-order valence-corrected chi connectivity index (χ1v) is 30.4. The van der Waals surface area contributed by atoms with Gasteiger partial charge in [0.15, 0.2) is 0 Å². The largest absolute Gasteiger partial charge is 0.394 e. The highest BCUT2D eigenvalue weighted by Gasteiger charge is 2.18. The lowest BCUT2D eigenvalue weighted by molar-refractivity contribution is -0.123. The number of carbonyl (C=O) groups is 1. The number of rotatable bonds is 57. The van der Waals surface area contributed by atoms with Gasteiger partial charge in [0.2, 0.25) is 5.91 Å². The van der Waals surface area contributed by atoms with Crippen molar-refractivity contribution in [3.05, 3.63) is 12.2 Å². The smallest absolute Gasteiger partial charge is 0.220 e. The summed E-state index contributed by atoms with van der Waals surface area (Å²) in [5.74, 6) is -0.0555. The summed E-state index contributed by atoms with van der Waals surface area (Å²) >= 11 is 0. The lowest BCUT2D eigenvalue weighted by Crippen LogP contribution is -2.45. The van der Waals surface area contributed by atoms with Crippen molar-refractivity contribution < 1.29 is 15.0 Å². The number of carbonyl (C=O) groups excluding carboxylic acids is 1. The summed E-state index contributed by atoms with van der Waals surface area (Å²) < 4.78 is 0. The van der Waals surface area contributed by atoms with Gasteiger partial charge in [-0.15, -0.1) is 0 Å². The first kappa shape index (κ1) is 64.1. The molecule has 0 rings (SSSR count). The molecule has 65 heavy (non-hydrogen) atoms. The van der Waals surface area contributed by atoms with Gasteiger partial charge < -0.3 is 15.5 Å². The molecule has 0 aromatic carbocycles. The van der Waals surface area contributed by atoms with Crippen LogP contribution in [0, 0.1) is 0 Å². The third-order valence-electron chi connectivity index (χ3n) is 14.5. The van der Waals surface area contributed by atoms with Crippen molar-refractivity contribution >= 4 is 5.91 Å². The van der Waals surface area contributed by atoms with Crippen LogP contribution in [-0.2, 0) is 4.79 Å². The summed E-state index contributed by atoms with van der Waals surface area (Å²) in [6.45, 7) is 4.35. The molecule has 388 valence electrons. The van der Waals surface area contributed by atoms with Crippen LogP contribution in [0.1, 0.15) is 354 Å². The highest BCUT2D eigenvalue weighted by atomic mass is 16.3. The Labute approximate surface area is 409 Å². The molecule has 0 saturated carbocycles. The molecule has 0 fully saturated rings. The van der Waals surface area contributed by atoms with Crippen molar-refractivity contribution in [1.82, 2.24) is 5.32 Å². The number of allylic oxidation sites excluding steroid dienone is 1. The molecule has 0 aliphatic carbocycles. The Hall–Kier alpha value is -0.870. The number of aliphatic hydroxyl groups is 2. The van der Waals surface area contributed by atoms with Gasteiger partial charge in [-0.1, -0.05) is 341 Å². The number of nitrogens with one attached hydrogen (secondary N) is 1. The molecule has 0 spiro atoms. The van der Waals surface area contributed by atoms with Crippen molar-refractivity contribution in [3.63, 3.8) is 0 Å². The zero-order valence-corrected chi connectivity index (χ0v) is 44.8. The van der Waals surface area contributed by atoms with Crippen molar-refractivity contribution in [2.24, 2.45) is 0 Å². The maximum absolute atomic E-state index is 12.5. The minimum Gasteiger partial charge on any atom is -0.394 e. The third kappa shape index (κ3) is 53.9. The quantitative estimate of drug-likeness (QED) is 0.0421. The summed E-state index contributed by atoms with van der Waals surface area (Å²) in [5.41, 5.74) is 0. The molecule has 0 heterocycles. The number of aliphatic hydroxyl groups excluding tert-OH is 2. The van der Waals surface area contributed by atoms with Gasteiger partial charge in [-0.25, -0.2) is 0 Å². The van der Waals surface area contributed by atoms with Gasteiger partial charge in [0.05, 0.1) is 18.8 Å². The normalized spacial score (nSPS) is 12.7. The molecular formula is C61H121NO3. The second-order valence-corrected chi connectivity index (χ2v) is 21.1. The maximum Gasteiger partial charge on any atom is 0.220 e. The molecule has 4 nitrogen and oxygen atoms in total. The van der Waals surface area contributed by atoms with Gasteiger partial charge in [-0.05, 0) is 19.3 Å². The van der Waals surface area contributed by atoms with Crippen molar-refractivity contribution in [2.75, 3.05) is 6.61 Å². The van der Waals surface area contributed by atoms with Crippen LogP contribution in [-0.4, -0.2) is 34.9 Å². The zero-order chi connectivity index (χ0) is 47.0. The fourth-order valence-corrected chi connectivity index (χ4v) is 9.89. The maximum atomic E-state index is 12.5. The Morgan fingerprint density at radius 3 is 0.800 bits per heavy atom. The van der Waals surface area contributed by atoms with Gasteiger partial charge in [0.25, 0.3) is 0 Å². The minimum atomic E-state index is -0.835. The molecule has 0 radical (unpaired) electrons. The fourth-order valence-electron chi connectivity index (χ4n) is 9.89. The molecule has 0 aliphatic rings. The zero-order valence-electron chi connectivity index (χ0n) is 44.8. The van der Waals surface area contributed by atoms with Crippen LogP contribution in [0.15, 0.2) is 12.2 Å². The molecule has 0 unspecified atom stereocenters. The van der Waals surface area contributed by atoms with Crippen LogP contribution in [0.2, 0.25) is 0 Å². The lowest BCUT2D eigenvalue weighted by atomic mass is 10.0. The van der Waals surface area contributed by atoms with Crippen LogP contribution < -0.4 is 5.32 Å². The van der Waals surface area contributed by atoms with Crippen LogP contribution in [0.4, 0.5) is 0 Å². The van der Waals surface area contributed by atoms with Gasteiger partial charge in [0.1, 0.15) is 0 Å². The number of hydrogen-bond acceptors (Lipinski definition) is 3. The Bertz CT molecular complexity index is 905. The minimum absolute atomic E-state index is 0.0555. The first-order chi connectivity index (χ1) is 32.2. The molecule has 4 heteroatoms. The molecule has 0 saturated heterocycles. The van der Waals surface area contributed by atoms with Crippen LogP contribution in [0.3, 0.4) is 0 Å². The standard InChI is InChI=1S/C61H121NO3/c1-3-5-7-9-11-13-15-17-19-21-22-23-24-25-26-27-28-29-30-31-32-33-34-35-36-37-38-39-41-43-45-47-49-51-53-55-57-61(65)62-59(58-63)60(64)56-54-52-50-48-46-44-42-40-20-18-16-14-12-10-8-6-4-2/h54,56,59-60,63-64H,3-53,55,57-58H2,1-2H3,(H,62,65)/b56-54+/t59-,60+/m0/s1.